The third-order valence-corrected chi connectivity index (χ3v) is 3.72. The molecule has 2 aromatic rings. The first kappa shape index (κ1) is 15.5. The quantitative estimate of drug-likeness (QED) is 0.868. The smallest absolute Gasteiger partial charge is 0.176 e. The summed E-state index contributed by atoms with van der Waals surface area (Å²) in [6.45, 7) is 0. The van der Waals surface area contributed by atoms with Gasteiger partial charge in [-0.05, 0) is 24.3 Å². The van der Waals surface area contributed by atoms with Crippen molar-refractivity contribution in [1.29, 1.82) is 0 Å². The van der Waals surface area contributed by atoms with E-state index in [1.54, 1.807) is 18.2 Å². The van der Waals surface area contributed by atoms with Crippen LogP contribution in [-0.4, -0.2) is 14.7 Å². The number of nitrogen functional groups attached to an aromatic ring is 1. The Balaban J connectivity index is 0.00000180. The molecule has 3 nitrogen and oxygen atoms in total. The van der Waals surface area contributed by atoms with Gasteiger partial charge in [0.15, 0.2) is 9.84 Å². The maximum Gasteiger partial charge on any atom is 0.176 e. The molecule has 2 aromatic carbocycles. The van der Waals surface area contributed by atoms with Gasteiger partial charge in [-0.15, -0.1) is 12.4 Å². The van der Waals surface area contributed by atoms with Crippen LogP contribution in [-0.2, 0) is 9.84 Å². The molecule has 0 atom stereocenters. The van der Waals surface area contributed by atoms with Gasteiger partial charge in [0, 0.05) is 23.1 Å². The molecule has 0 spiro atoms. The van der Waals surface area contributed by atoms with Crippen LogP contribution in [0.2, 0.25) is 0 Å². The van der Waals surface area contributed by atoms with Crippen LogP contribution in [0.4, 0.5) is 10.1 Å². The van der Waals surface area contributed by atoms with E-state index in [9.17, 15) is 12.8 Å². The molecule has 2 N–H and O–H groups in total. The zero-order chi connectivity index (χ0) is 13.3. The first-order valence-corrected chi connectivity index (χ1v) is 7.13. The lowest BCUT2D eigenvalue weighted by atomic mass is 10.0. The van der Waals surface area contributed by atoms with Gasteiger partial charge < -0.3 is 5.73 Å². The molecule has 0 saturated heterocycles. The van der Waals surface area contributed by atoms with Gasteiger partial charge in [0.25, 0.3) is 0 Å². The van der Waals surface area contributed by atoms with E-state index in [0.29, 0.717) is 11.3 Å². The molecule has 0 radical (unpaired) electrons. The molecular weight excluding hydrogens is 289 g/mol. The monoisotopic (exact) mass is 301 g/mol. The summed E-state index contributed by atoms with van der Waals surface area (Å²) in [5.41, 5.74) is 6.34. The van der Waals surface area contributed by atoms with E-state index in [1.165, 1.54) is 24.3 Å². The van der Waals surface area contributed by atoms with Crippen LogP contribution in [0, 0.1) is 5.82 Å². The Hall–Kier alpha value is -1.59. The van der Waals surface area contributed by atoms with Crippen molar-refractivity contribution in [3.63, 3.8) is 0 Å². The van der Waals surface area contributed by atoms with Crippen LogP contribution in [0.1, 0.15) is 0 Å². The number of anilines is 1. The topological polar surface area (TPSA) is 60.2 Å². The molecule has 0 fully saturated rings. The van der Waals surface area contributed by atoms with Crippen molar-refractivity contribution in [2.24, 2.45) is 0 Å². The van der Waals surface area contributed by atoms with Crippen molar-refractivity contribution in [3.05, 3.63) is 48.3 Å². The summed E-state index contributed by atoms with van der Waals surface area (Å²) in [6.07, 6.45) is 1.10. The largest absolute Gasteiger partial charge is 0.399 e. The second kappa shape index (κ2) is 5.59. The summed E-state index contributed by atoms with van der Waals surface area (Å²) in [6, 6.07) is 10.5. The predicted molar refractivity (Wildman–Crippen MR) is 76.6 cm³/mol. The van der Waals surface area contributed by atoms with Crippen LogP contribution in [0.15, 0.2) is 47.4 Å². The average Bonchev–Trinajstić information content (AvgIpc) is 2.28. The highest BCUT2D eigenvalue weighted by Crippen LogP contribution is 2.30. The van der Waals surface area contributed by atoms with Gasteiger partial charge >= 0.3 is 0 Å². The maximum absolute atomic E-state index is 13.8. The number of sulfone groups is 1. The van der Waals surface area contributed by atoms with Gasteiger partial charge in [0.05, 0.1) is 4.90 Å². The Morgan fingerprint density at radius 3 is 2.26 bits per heavy atom. The molecule has 0 bridgehead atoms. The highest BCUT2D eigenvalue weighted by atomic mass is 35.5. The second-order valence-corrected chi connectivity index (χ2v) is 5.99. The molecule has 6 heteroatoms. The lowest BCUT2D eigenvalue weighted by molar-refractivity contribution is 0.602. The number of hydrogen-bond acceptors (Lipinski definition) is 3. The molecule has 0 aliphatic rings. The molecular formula is C13H13ClFNO2S. The standard InChI is InChI=1S/C13H12FNO2S.ClH/c1-18(16,17)13-5-3-2-4-11(13)10-7-6-9(15)8-12(10)14;/h2-8H,15H2,1H3;1H. The lowest BCUT2D eigenvalue weighted by Gasteiger charge is -2.09. The van der Waals surface area contributed by atoms with E-state index < -0.39 is 15.7 Å². The summed E-state index contributed by atoms with van der Waals surface area (Å²) in [5.74, 6) is -0.536. The van der Waals surface area contributed by atoms with Crippen molar-refractivity contribution in [2.45, 2.75) is 4.90 Å². The van der Waals surface area contributed by atoms with Crippen molar-refractivity contribution >= 4 is 27.9 Å². The van der Waals surface area contributed by atoms with E-state index in [0.717, 1.165) is 6.26 Å². The fourth-order valence-corrected chi connectivity index (χ4v) is 2.67. The van der Waals surface area contributed by atoms with Crippen molar-refractivity contribution in [1.82, 2.24) is 0 Å². The molecule has 0 aliphatic heterocycles. The van der Waals surface area contributed by atoms with E-state index >= 15 is 0 Å². The summed E-state index contributed by atoms with van der Waals surface area (Å²) in [4.78, 5) is 0.105. The fraction of sp³-hybridized carbons (Fsp3) is 0.0769. The molecule has 0 aromatic heterocycles. The van der Waals surface area contributed by atoms with E-state index in [1.807, 2.05) is 0 Å². The molecule has 0 aliphatic carbocycles. The minimum absolute atomic E-state index is 0. The number of hydrogen-bond donors (Lipinski definition) is 1. The van der Waals surface area contributed by atoms with Gasteiger partial charge in [-0.2, -0.15) is 0 Å². The number of nitrogens with two attached hydrogens (primary N) is 1. The molecule has 19 heavy (non-hydrogen) atoms. The predicted octanol–water partition coefficient (Wildman–Crippen LogP) is 2.90. The summed E-state index contributed by atoms with van der Waals surface area (Å²) in [5, 5.41) is 0. The normalized spacial score (nSPS) is 10.8. The van der Waals surface area contributed by atoms with Crippen LogP contribution in [0.5, 0.6) is 0 Å². The van der Waals surface area contributed by atoms with Crippen molar-refractivity contribution in [3.8, 4) is 11.1 Å². The van der Waals surface area contributed by atoms with E-state index in [-0.39, 0.29) is 22.9 Å². The summed E-state index contributed by atoms with van der Waals surface area (Å²) >= 11 is 0. The van der Waals surface area contributed by atoms with E-state index in [2.05, 4.69) is 0 Å². The zero-order valence-electron chi connectivity index (χ0n) is 10.1. The first-order valence-electron chi connectivity index (χ1n) is 5.24. The Morgan fingerprint density at radius 2 is 1.68 bits per heavy atom. The maximum atomic E-state index is 13.8. The molecule has 0 unspecified atom stereocenters. The number of halogens is 2. The molecule has 2 rings (SSSR count). The highest BCUT2D eigenvalue weighted by molar-refractivity contribution is 7.90. The molecule has 0 heterocycles. The Labute approximate surface area is 117 Å². The Kier molecular flexibility index (Phi) is 4.55. The van der Waals surface area contributed by atoms with Crippen LogP contribution in [0.3, 0.4) is 0 Å². The minimum Gasteiger partial charge on any atom is -0.399 e. The highest BCUT2D eigenvalue weighted by Gasteiger charge is 2.16. The molecule has 0 amide bonds. The lowest BCUT2D eigenvalue weighted by Crippen LogP contribution is -2.00. The Morgan fingerprint density at radius 1 is 1.05 bits per heavy atom. The van der Waals surface area contributed by atoms with E-state index in [4.69, 9.17) is 5.73 Å². The second-order valence-electron chi connectivity index (χ2n) is 4.01. The number of benzene rings is 2. The van der Waals surface area contributed by atoms with Crippen LogP contribution >= 0.6 is 12.4 Å². The van der Waals surface area contributed by atoms with Gasteiger partial charge in [-0.1, -0.05) is 18.2 Å². The van der Waals surface area contributed by atoms with Gasteiger partial charge in [0.1, 0.15) is 5.82 Å². The van der Waals surface area contributed by atoms with Crippen molar-refractivity contribution in [2.75, 3.05) is 12.0 Å². The third-order valence-electron chi connectivity index (χ3n) is 2.57. The fourth-order valence-electron chi connectivity index (χ4n) is 1.76. The average molecular weight is 302 g/mol. The summed E-state index contributed by atoms with van der Waals surface area (Å²) < 4.78 is 37.1. The van der Waals surface area contributed by atoms with Crippen molar-refractivity contribution < 1.29 is 12.8 Å². The third kappa shape index (κ3) is 3.24. The first-order chi connectivity index (χ1) is 8.39. The Bertz CT molecular complexity index is 702. The SMILES string of the molecule is CS(=O)(=O)c1ccccc1-c1ccc(N)cc1F.Cl. The van der Waals surface area contributed by atoms with Gasteiger partial charge in [-0.25, -0.2) is 12.8 Å². The van der Waals surface area contributed by atoms with Gasteiger partial charge in [0.2, 0.25) is 0 Å². The molecule has 0 saturated carbocycles. The van der Waals surface area contributed by atoms with Crippen LogP contribution in [0.25, 0.3) is 11.1 Å². The molecule has 102 valence electrons. The van der Waals surface area contributed by atoms with Gasteiger partial charge in [-0.3, -0.25) is 0 Å². The van der Waals surface area contributed by atoms with Crippen LogP contribution < -0.4 is 5.73 Å². The summed E-state index contributed by atoms with van der Waals surface area (Å²) in [7, 11) is -3.41. The minimum atomic E-state index is -3.41. The zero-order valence-corrected chi connectivity index (χ0v) is 11.8. The number of rotatable bonds is 2.